The zero-order valence-corrected chi connectivity index (χ0v) is 12.9. The van der Waals surface area contributed by atoms with Gasteiger partial charge in [0.25, 0.3) is 0 Å². The summed E-state index contributed by atoms with van der Waals surface area (Å²) in [6, 6.07) is 0.764. The molecule has 1 aliphatic rings. The molecule has 1 fully saturated rings. The number of hydrogen-bond acceptors (Lipinski definition) is 6. The van der Waals surface area contributed by atoms with E-state index in [0.717, 1.165) is 35.9 Å². The van der Waals surface area contributed by atoms with Crippen LogP contribution < -0.4 is 5.32 Å². The second-order valence-electron chi connectivity index (χ2n) is 4.89. The number of aryl methyl sites for hydroxylation is 1. The normalized spacial score (nSPS) is 21.0. The van der Waals surface area contributed by atoms with Gasteiger partial charge >= 0.3 is 5.97 Å². The molecule has 2 heterocycles. The Bertz CT molecular complexity index is 436. The summed E-state index contributed by atoms with van der Waals surface area (Å²) in [5.41, 5.74) is 0. The van der Waals surface area contributed by atoms with E-state index in [-0.39, 0.29) is 13.4 Å². The van der Waals surface area contributed by atoms with Crippen LogP contribution in [0, 0.1) is 0 Å². The summed E-state index contributed by atoms with van der Waals surface area (Å²) >= 11 is 1.69. The number of hydrogen-bond donors (Lipinski definition) is 1. The SMILES string of the molecule is C.CCOC[C@@H]1CC[C@@H](c2ncc(CCC(=O)OC)s2)N1. The van der Waals surface area contributed by atoms with Crippen molar-refractivity contribution in [2.45, 2.75) is 52.1 Å². The maximum atomic E-state index is 11.1. The minimum atomic E-state index is -0.171. The van der Waals surface area contributed by atoms with Gasteiger partial charge in [0.1, 0.15) is 5.01 Å². The van der Waals surface area contributed by atoms with E-state index in [1.807, 2.05) is 13.1 Å². The molecule has 21 heavy (non-hydrogen) atoms. The van der Waals surface area contributed by atoms with Crippen LogP contribution in [0.15, 0.2) is 6.20 Å². The standard InChI is InChI=1S/C14H22N2O3S.CH4/c1-3-19-9-10-4-6-12(16-10)14-15-8-11(20-14)5-7-13(17)18-2;/h8,10,12,16H,3-7,9H2,1-2H3;1H4/t10-,12-;/m0./s1. The Hall–Kier alpha value is -0.980. The number of methoxy groups -OCH3 is 1. The third-order valence-corrected chi connectivity index (χ3v) is 4.61. The highest BCUT2D eigenvalue weighted by Gasteiger charge is 2.26. The van der Waals surface area contributed by atoms with Gasteiger partial charge in [0, 0.05) is 23.7 Å². The molecule has 1 aromatic heterocycles. The van der Waals surface area contributed by atoms with E-state index >= 15 is 0 Å². The van der Waals surface area contributed by atoms with Crippen molar-refractivity contribution in [2.24, 2.45) is 0 Å². The number of carbonyl (C=O) groups is 1. The molecule has 0 radical (unpaired) electrons. The molecular weight excluding hydrogens is 288 g/mol. The van der Waals surface area contributed by atoms with Gasteiger partial charge in [0.2, 0.25) is 0 Å². The summed E-state index contributed by atoms with van der Waals surface area (Å²) in [6.45, 7) is 3.55. The predicted octanol–water partition coefficient (Wildman–Crippen LogP) is 2.71. The quantitative estimate of drug-likeness (QED) is 0.784. The van der Waals surface area contributed by atoms with Crippen LogP contribution in [0.2, 0.25) is 0 Å². The molecule has 1 saturated heterocycles. The largest absolute Gasteiger partial charge is 0.469 e. The maximum absolute atomic E-state index is 11.1. The summed E-state index contributed by atoms with van der Waals surface area (Å²) in [6.07, 6.45) is 5.23. The van der Waals surface area contributed by atoms with E-state index in [9.17, 15) is 4.79 Å². The van der Waals surface area contributed by atoms with Crippen LogP contribution in [-0.2, 0) is 20.7 Å². The molecule has 0 spiro atoms. The first-order valence-corrected chi connectivity index (χ1v) is 7.89. The number of rotatable bonds is 7. The van der Waals surface area contributed by atoms with E-state index < -0.39 is 0 Å². The van der Waals surface area contributed by atoms with Crippen LogP contribution in [0.25, 0.3) is 0 Å². The summed E-state index contributed by atoms with van der Waals surface area (Å²) in [5.74, 6) is -0.171. The minimum absolute atomic E-state index is 0. The van der Waals surface area contributed by atoms with Gasteiger partial charge in [-0.05, 0) is 26.2 Å². The summed E-state index contributed by atoms with van der Waals surface area (Å²) in [5, 5.41) is 4.68. The summed E-state index contributed by atoms with van der Waals surface area (Å²) in [4.78, 5) is 16.7. The maximum Gasteiger partial charge on any atom is 0.305 e. The van der Waals surface area contributed by atoms with Crippen LogP contribution >= 0.6 is 11.3 Å². The molecule has 1 aromatic rings. The Morgan fingerprint density at radius 3 is 3.05 bits per heavy atom. The van der Waals surface area contributed by atoms with Crippen molar-refractivity contribution < 1.29 is 14.3 Å². The van der Waals surface area contributed by atoms with Gasteiger partial charge in [-0.2, -0.15) is 0 Å². The topological polar surface area (TPSA) is 60.5 Å². The smallest absolute Gasteiger partial charge is 0.305 e. The second kappa shape index (κ2) is 9.12. The summed E-state index contributed by atoms with van der Waals surface area (Å²) < 4.78 is 10.1. The molecule has 1 N–H and O–H groups in total. The lowest BCUT2D eigenvalue weighted by Gasteiger charge is -2.12. The number of thiazole rings is 1. The highest BCUT2D eigenvalue weighted by atomic mass is 32.1. The zero-order chi connectivity index (χ0) is 14.4. The molecule has 5 nitrogen and oxygen atoms in total. The summed E-state index contributed by atoms with van der Waals surface area (Å²) in [7, 11) is 1.42. The number of esters is 1. The zero-order valence-electron chi connectivity index (χ0n) is 12.1. The number of nitrogens with one attached hydrogen (secondary N) is 1. The third kappa shape index (κ3) is 5.37. The van der Waals surface area contributed by atoms with Gasteiger partial charge < -0.3 is 14.8 Å². The van der Waals surface area contributed by atoms with Crippen molar-refractivity contribution >= 4 is 17.3 Å². The molecule has 0 aliphatic carbocycles. The Labute approximate surface area is 131 Å². The number of nitrogens with zero attached hydrogens (tertiary/aromatic N) is 1. The molecule has 0 saturated carbocycles. The predicted molar refractivity (Wildman–Crippen MR) is 84.6 cm³/mol. The van der Waals surface area contributed by atoms with Gasteiger partial charge in [-0.1, -0.05) is 7.43 Å². The van der Waals surface area contributed by atoms with Gasteiger partial charge in [-0.15, -0.1) is 11.3 Å². The van der Waals surface area contributed by atoms with Crippen LogP contribution in [-0.4, -0.2) is 37.3 Å². The molecule has 1 aliphatic heterocycles. The van der Waals surface area contributed by atoms with Crippen molar-refractivity contribution in [3.63, 3.8) is 0 Å². The van der Waals surface area contributed by atoms with Crippen molar-refractivity contribution in [3.05, 3.63) is 16.1 Å². The Balaban J connectivity index is 0.00000220. The lowest BCUT2D eigenvalue weighted by atomic mass is 10.2. The van der Waals surface area contributed by atoms with Crippen molar-refractivity contribution in [1.82, 2.24) is 10.3 Å². The van der Waals surface area contributed by atoms with Gasteiger partial charge in [-0.3, -0.25) is 4.79 Å². The molecule has 2 atom stereocenters. The molecule has 0 unspecified atom stereocenters. The average molecular weight is 314 g/mol. The molecule has 120 valence electrons. The Kier molecular flexibility index (Phi) is 7.85. The highest BCUT2D eigenvalue weighted by molar-refractivity contribution is 7.11. The Morgan fingerprint density at radius 2 is 2.33 bits per heavy atom. The van der Waals surface area contributed by atoms with Gasteiger partial charge in [0.05, 0.1) is 26.2 Å². The fourth-order valence-corrected chi connectivity index (χ4v) is 3.34. The van der Waals surface area contributed by atoms with E-state index in [2.05, 4.69) is 15.0 Å². The first kappa shape index (κ1) is 18.1. The van der Waals surface area contributed by atoms with Crippen molar-refractivity contribution in [3.8, 4) is 0 Å². The molecule has 6 heteroatoms. The lowest BCUT2D eigenvalue weighted by molar-refractivity contribution is -0.140. The first-order valence-electron chi connectivity index (χ1n) is 7.08. The molecule has 0 aromatic carbocycles. The third-order valence-electron chi connectivity index (χ3n) is 3.44. The van der Waals surface area contributed by atoms with Crippen LogP contribution in [0.4, 0.5) is 0 Å². The Morgan fingerprint density at radius 1 is 1.52 bits per heavy atom. The van der Waals surface area contributed by atoms with Crippen LogP contribution in [0.3, 0.4) is 0 Å². The minimum Gasteiger partial charge on any atom is -0.469 e. The van der Waals surface area contributed by atoms with E-state index in [1.165, 1.54) is 7.11 Å². The molecular formula is C15H26N2O3S. The molecule has 0 bridgehead atoms. The molecule has 2 rings (SSSR count). The van der Waals surface area contributed by atoms with E-state index in [0.29, 0.717) is 24.9 Å². The van der Waals surface area contributed by atoms with Crippen LogP contribution in [0.1, 0.15) is 49.5 Å². The van der Waals surface area contributed by atoms with Gasteiger partial charge in [0.15, 0.2) is 0 Å². The van der Waals surface area contributed by atoms with Crippen LogP contribution in [0.5, 0.6) is 0 Å². The molecule has 0 amide bonds. The number of aromatic nitrogens is 1. The average Bonchev–Trinajstić information content (AvgIpc) is 3.11. The number of ether oxygens (including phenoxy) is 2. The lowest BCUT2D eigenvalue weighted by Crippen LogP contribution is -2.28. The fraction of sp³-hybridized carbons (Fsp3) is 0.733. The van der Waals surface area contributed by atoms with Gasteiger partial charge in [-0.25, -0.2) is 4.98 Å². The highest BCUT2D eigenvalue weighted by Crippen LogP contribution is 2.30. The fourth-order valence-electron chi connectivity index (χ4n) is 2.33. The monoisotopic (exact) mass is 314 g/mol. The van der Waals surface area contributed by atoms with E-state index in [1.54, 1.807) is 11.3 Å². The van der Waals surface area contributed by atoms with E-state index in [4.69, 9.17) is 4.74 Å². The first-order chi connectivity index (χ1) is 9.72. The second-order valence-corrected chi connectivity index (χ2v) is 6.04. The van der Waals surface area contributed by atoms with Crippen molar-refractivity contribution in [1.29, 1.82) is 0 Å². The van der Waals surface area contributed by atoms with Crippen molar-refractivity contribution in [2.75, 3.05) is 20.3 Å². The number of carbonyl (C=O) groups excluding carboxylic acids is 1.